The Hall–Kier alpha value is -2.70. The number of para-hydroxylation sites is 1. The lowest BCUT2D eigenvalue weighted by atomic mass is 10.2. The smallest absolute Gasteiger partial charge is 0.487 e. The van der Waals surface area contributed by atoms with Gasteiger partial charge in [-0.25, -0.2) is 13.2 Å². The summed E-state index contributed by atoms with van der Waals surface area (Å²) in [4.78, 5) is 11.3. The van der Waals surface area contributed by atoms with Crippen LogP contribution in [0.1, 0.15) is 0 Å². The first kappa shape index (κ1) is 24.9. The number of benzene rings is 2. The van der Waals surface area contributed by atoms with E-state index in [1.165, 1.54) is 10.4 Å². The van der Waals surface area contributed by atoms with Gasteiger partial charge in [0.2, 0.25) is 0 Å². The normalized spacial score (nSPS) is 16.2. The first-order chi connectivity index (χ1) is 15.5. The van der Waals surface area contributed by atoms with Gasteiger partial charge in [0, 0.05) is 31.2 Å². The number of alkyl halides is 3. The summed E-state index contributed by atoms with van der Waals surface area (Å²) < 4.78 is 65.4. The molecule has 0 amide bonds. The van der Waals surface area contributed by atoms with E-state index in [0.29, 0.717) is 23.1 Å². The maximum Gasteiger partial charge on any atom is 0.490 e. The molecule has 4 rings (SSSR count). The van der Waals surface area contributed by atoms with Crippen LogP contribution in [-0.2, 0) is 14.8 Å². The summed E-state index contributed by atoms with van der Waals surface area (Å²) in [6.07, 6.45) is -5.08. The molecule has 0 unspecified atom stereocenters. The zero-order chi connectivity index (χ0) is 24.2. The van der Waals surface area contributed by atoms with E-state index in [9.17, 15) is 21.6 Å². The molecular weight excluding hydrogens is 487 g/mol. The van der Waals surface area contributed by atoms with Crippen LogP contribution < -0.4 is 19.3 Å². The van der Waals surface area contributed by atoms with Crippen LogP contribution >= 0.6 is 11.6 Å². The lowest BCUT2D eigenvalue weighted by Gasteiger charge is -2.36. The quantitative estimate of drug-likeness (QED) is 0.659. The fourth-order valence-electron chi connectivity index (χ4n) is 3.37. The summed E-state index contributed by atoms with van der Waals surface area (Å²) in [6.45, 7) is 4.10. The Morgan fingerprint density at radius 3 is 2.27 bits per heavy atom. The molecule has 13 heteroatoms. The van der Waals surface area contributed by atoms with Gasteiger partial charge in [0.1, 0.15) is 6.61 Å². The van der Waals surface area contributed by atoms with Gasteiger partial charge in [0.15, 0.2) is 5.75 Å². The van der Waals surface area contributed by atoms with Gasteiger partial charge in [-0.05, 0) is 30.3 Å². The monoisotopic (exact) mass is 507 g/mol. The van der Waals surface area contributed by atoms with Crippen molar-refractivity contribution in [2.75, 3.05) is 48.5 Å². The molecular formula is C20H21ClF3N3O5S. The number of hydrogen-bond acceptors (Lipinski definition) is 6. The molecule has 180 valence electrons. The molecule has 0 saturated carbocycles. The second-order valence-corrected chi connectivity index (χ2v) is 9.35. The van der Waals surface area contributed by atoms with Gasteiger partial charge in [-0.1, -0.05) is 23.7 Å². The van der Waals surface area contributed by atoms with E-state index < -0.39 is 22.2 Å². The number of carboxylic acids is 1. The summed E-state index contributed by atoms with van der Waals surface area (Å²) in [5, 5.41) is 10.8. The Balaban J connectivity index is 0.000000383. The van der Waals surface area contributed by atoms with Gasteiger partial charge in [-0.3, -0.25) is 4.31 Å². The summed E-state index contributed by atoms with van der Waals surface area (Å²) in [6, 6.07) is 12.0. The fourth-order valence-corrected chi connectivity index (χ4v) is 5.12. The molecule has 2 N–H and O–H groups in total. The highest BCUT2D eigenvalue weighted by atomic mass is 35.5. The number of carbonyl (C=O) groups is 1. The van der Waals surface area contributed by atoms with E-state index in [1.54, 1.807) is 24.3 Å². The zero-order valence-electron chi connectivity index (χ0n) is 17.2. The standard InChI is InChI=1S/C18H20ClN3O3S.C2HF3O2/c19-14-3-1-4-15(13-14)26(23,24)22-11-12-25-18-16(5-2-6-17(18)22)21-9-7-20-8-10-21;3-2(4,5)1(6)7/h1-6,13,20H,7-12H2;(H,6,7). The lowest BCUT2D eigenvalue weighted by molar-refractivity contribution is -0.192. The van der Waals surface area contributed by atoms with Crippen molar-refractivity contribution in [1.82, 2.24) is 5.32 Å². The number of halogens is 4. The molecule has 2 aliphatic heterocycles. The molecule has 33 heavy (non-hydrogen) atoms. The van der Waals surface area contributed by atoms with E-state index in [4.69, 9.17) is 26.2 Å². The molecule has 0 radical (unpaired) electrons. The molecule has 0 aliphatic carbocycles. The number of anilines is 2. The van der Waals surface area contributed by atoms with E-state index in [0.717, 1.165) is 31.9 Å². The topological polar surface area (TPSA) is 99.2 Å². The molecule has 2 heterocycles. The molecule has 2 aliphatic rings. The molecule has 0 aromatic heterocycles. The van der Waals surface area contributed by atoms with Crippen LogP contribution in [0.3, 0.4) is 0 Å². The molecule has 0 atom stereocenters. The Labute approximate surface area is 193 Å². The average Bonchev–Trinajstić information content (AvgIpc) is 2.78. The molecule has 2 aromatic carbocycles. The van der Waals surface area contributed by atoms with Gasteiger partial charge < -0.3 is 20.1 Å². The zero-order valence-corrected chi connectivity index (χ0v) is 18.8. The highest BCUT2D eigenvalue weighted by Crippen LogP contribution is 2.42. The second-order valence-electron chi connectivity index (χ2n) is 7.05. The molecule has 2 aromatic rings. The number of piperazine rings is 1. The Morgan fingerprint density at radius 1 is 1.06 bits per heavy atom. The van der Waals surface area contributed by atoms with Crippen LogP contribution in [0, 0.1) is 0 Å². The maximum absolute atomic E-state index is 13.2. The van der Waals surface area contributed by atoms with Crippen molar-refractivity contribution in [3.8, 4) is 5.75 Å². The number of sulfonamides is 1. The predicted molar refractivity (Wildman–Crippen MR) is 117 cm³/mol. The first-order valence-corrected chi connectivity index (χ1v) is 11.6. The van der Waals surface area contributed by atoms with Gasteiger partial charge >= 0.3 is 12.1 Å². The van der Waals surface area contributed by atoms with E-state index in [-0.39, 0.29) is 11.4 Å². The number of aliphatic carboxylic acids is 1. The lowest BCUT2D eigenvalue weighted by Crippen LogP contribution is -2.44. The number of ether oxygens (including phenoxy) is 1. The first-order valence-electron chi connectivity index (χ1n) is 9.81. The van der Waals surface area contributed by atoms with Crippen molar-refractivity contribution in [3.05, 3.63) is 47.5 Å². The minimum Gasteiger partial charge on any atom is -0.487 e. The van der Waals surface area contributed by atoms with Crippen LogP contribution in [0.4, 0.5) is 24.5 Å². The summed E-state index contributed by atoms with van der Waals surface area (Å²) in [5.41, 5.74) is 1.52. The van der Waals surface area contributed by atoms with Gasteiger partial charge in [0.05, 0.1) is 22.8 Å². The molecule has 1 fully saturated rings. The van der Waals surface area contributed by atoms with Crippen molar-refractivity contribution in [1.29, 1.82) is 0 Å². The number of rotatable bonds is 3. The van der Waals surface area contributed by atoms with Crippen LogP contribution in [0.15, 0.2) is 47.4 Å². The summed E-state index contributed by atoms with van der Waals surface area (Å²) in [5.74, 6) is -2.13. The van der Waals surface area contributed by atoms with Crippen LogP contribution in [0.25, 0.3) is 0 Å². The average molecular weight is 508 g/mol. The number of hydrogen-bond donors (Lipinski definition) is 2. The van der Waals surface area contributed by atoms with Crippen LogP contribution in [-0.4, -0.2) is 65.0 Å². The largest absolute Gasteiger partial charge is 0.490 e. The minimum absolute atomic E-state index is 0.186. The number of carboxylic acid groups (broad SMARTS) is 1. The Morgan fingerprint density at radius 2 is 1.67 bits per heavy atom. The van der Waals surface area contributed by atoms with Crippen molar-refractivity contribution >= 4 is 39.0 Å². The molecule has 1 saturated heterocycles. The Kier molecular flexibility index (Phi) is 7.60. The summed E-state index contributed by atoms with van der Waals surface area (Å²) >= 11 is 6.00. The van der Waals surface area contributed by atoms with E-state index in [1.807, 2.05) is 12.1 Å². The van der Waals surface area contributed by atoms with Gasteiger partial charge in [0.25, 0.3) is 10.0 Å². The summed E-state index contributed by atoms with van der Waals surface area (Å²) in [7, 11) is -3.71. The van der Waals surface area contributed by atoms with Crippen molar-refractivity contribution < 1.29 is 36.2 Å². The number of nitrogens with zero attached hydrogens (tertiary/aromatic N) is 2. The van der Waals surface area contributed by atoms with E-state index in [2.05, 4.69) is 10.2 Å². The minimum atomic E-state index is -5.08. The predicted octanol–water partition coefficient (Wildman–Crippen LogP) is 2.97. The molecule has 8 nitrogen and oxygen atoms in total. The third kappa shape index (κ3) is 5.81. The number of fused-ring (bicyclic) bond motifs is 1. The Bertz CT molecular complexity index is 1110. The highest BCUT2D eigenvalue weighted by molar-refractivity contribution is 7.92. The van der Waals surface area contributed by atoms with Crippen LogP contribution in [0.5, 0.6) is 5.75 Å². The second kappa shape index (κ2) is 10.1. The van der Waals surface area contributed by atoms with E-state index >= 15 is 0 Å². The third-order valence-corrected chi connectivity index (χ3v) is 6.91. The van der Waals surface area contributed by atoms with Crippen molar-refractivity contribution in [2.45, 2.75) is 11.1 Å². The van der Waals surface area contributed by atoms with Gasteiger partial charge in [-0.2, -0.15) is 13.2 Å². The highest BCUT2D eigenvalue weighted by Gasteiger charge is 2.38. The maximum atomic E-state index is 13.2. The molecule has 0 spiro atoms. The third-order valence-electron chi connectivity index (χ3n) is 4.87. The molecule has 0 bridgehead atoms. The number of nitrogens with one attached hydrogen (secondary N) is 1. The van der Waals surface area contributed by atoms with Gasteiger partial charge in [-0.15, -0.1) is 0 Å². The SMILES string of the molecule is O=C(O)C(F)(F)F.O=S(=O)(c1cccc(Cl)c1)N1CCOc2c(N3CCNCC3)cccc21. The fraction of sp³-hybridized carbons (Fsp3) is 0.350. The van der Waals surface area contributed by atoms with Crippen molar-refractivity contribution in [2.24, 2.45) is 0 Å². The van der Waals surface area contributed by atoms with Crippen molar-refractivity contribution in [3.63, 3.8) is 0 Å². The van der Waals surface area contributed by atoms with Crippen LogP contribution in [0.2, 0.25) is 5.02 Å².